The van der Waals surface area contributed by atoms with E-state index in [1.165, 1.54) is 12.1 Å². The first kappa shape index (κ1) is 15.1. The topological polar surface area (TPSA) is 41.5 Å². The largest absolute Gasteiger partial charge is 0.454 e. The first-order valence-corrected chi connectivity index (χ1v) is 5.81. The predicted molar refractivity (Wildman–Crippen MR) is 66.9 cm³/mol. The van der Waals surface area contributed by atoms with Gasteiger partial charge in [0, 0.05) is 18.2 Å². The van der Waals surface area contributed by atoms with Gasteiger partial charge in [0.25, 0.3) is 12.2 Å². The third kappa shape index (κ3) is 3.65. The van der Waals surface area contributed by atoms with Crippen molar-refractivity contribution >= 4 is 22.9 Å². The Morgan fingerprint density at radius 2 is 1.95 bits per heavy atom. The highest BCUT2D eigenvalue weighted by atomic mass is 19.4. The summed E-state index contributed by atoms with van der Waals surface area (Å²) in [5.41, 5.74) is -0.444. The van der Waals surface area contributed by atoms with Gasteiger partial charge < -0.3 is 5.32 Å². The van der Waals surface area contributed by atoms with Crippen LogP contribution in [0.1, 0.15) is 6.42 Å². The number of rotatable bonds is 2. The molecule has 112 valence electrons. The number of carbonyl (C=O) groups excluding carboxylic acids is 1. The number of benzene rings is 1. The number of allylic oxidation sites excluding steroid dienone is 2. The average Bonchev–Trinajstić information content (AvgIpc) is 2.56. The van der Waals surface area contributed by atoms with E-state index in [0.29, 0.717) is 0 Å². The number of nitrogens with one attached hydrogen (secondary N) is 1. The number of carbonyl (C=O) groups is 1. The quantitative estimate of drug-likeness (QED) is 0.666. The van der Waals surface area contributed by atoms with E-state index in [1.54, 1.807) is 12.1 Å². The Labute approximate surface area is 116 Å². The first-order chi connectivity index (χ1) is 9.77. The van der Waals surface area contributed by atoms with Gasteiger partial charge in [0.15, 0.2) is 0 Å². The lowest BCUT2D eigenvalue weighted by molar-refractivity contribution is -0.165. The van der Waals surface area contributed by atoms with Crippen molar-refractivity contribution in [3.63, 3.8) is 0 Å². The number of aliphatic imine (C=N–C) groups is 1. The zero-order chi connectivity index (χ0) is 15.6. The fourth-order valence-electron chi connectivity index (χ4n) is 1.74. The number of fused-ring (bicyclic) bond motifs is 1. The predicted octanol–water partition coefficient (Wildman–Crippen LogP) is 3.86. The minimum absolute atomic E-state index is 0.177. The second kappa shape index (κ2) is 5.63. The van der Waals surface area contributed by atoms with Crippen molar-refractivity contribution < 1.29 is 26.7 Å². The monoisotopic (exact) mass is 304 g/mol. The Kier molecular flexibility index (Phi) is 4.06. The maximum atomic E-state index is 12.8. The zero-order valence-electron chi connectivity index (χ0n) is 10.4. The van der Waals surface area contributed by atoms with Gasteiger partial charge in [0.1, 0.15) is 0 Å². The smallest absolute Gasteiger partial charge is 0.357 e. The molecule has 1 aromatic carbocycles. The van der Waals surface area contributed by atoms with Crippen LogP contribution in [0.4, 0.5) is 33.3 Å². The molecule has 2 rings (SSSR count). The summed E-state index contributed by atoms with van der Waals surface area (Å²) in [6, 6.07) is 6.04. The minimum Gasteiger partial charge on any atom is -0.357 e. The van der Waals surface area contributed by atoms with Gasteiger partial charge in [-0.25, -0.2) is 13.8 Å². The number of hydrogen-bond donors (Lipinski definition) is 1. The summed E-state index contributed by atoms with van der Waals surface area (Å²) in [7, 11) is 0. The summed E-state index contributed by atoms with van der Waals surface area (Å²) in [6.07, 6.45) is -8.26. The number of ketones is 1. The van der Waals surface area contributed by atoms with Gasteiger partial charge in [0.05, 0.1) is 17.1 Å². The Morgan fingerprint density at radius 3 is 2.57 bits per heavy atom. The average molecular weight is 304 g/mol. The lowest BCUT2D eigenvalue weighted by atomic mass is 10.1. The molecule has 0 aliphatic carbocycles. The maximum Gasteiger partial charge on any atom is 0.454 e. The van der Waals surface area contributed by atoms with Gasteiger partial charge in [-0.05, 0) is 12.1 Å². The van der Waals surface area contributed by atoms with Crippen LogP contribution < -0.4 is 5.32 Å². The number of nitrogens with zero attached hydrogens (tertiary/aromatic N) is 1. The highest BCUT2D eigenvalue weighted by Crippen LogP contribution is 2.31. The van der Waals surface area contributed by atoms with E-state index in [1.807, 2.05) is 0 Å². The number of alkyl halides is 5. The molecule has 1 aliphatic rings. The van der Waals surface area contributed by atoms with Gasteiger partial charge >= 0.3 is 6.18 Å². The van der Waals surface area contributed by atoms with Crippen molar-refractivity contribution in [2.45, 2.75) is 19.0 Å². The minimum atomic E-state index is -5.05. The van der Waals surface area contributed by atoms with Crippen LogP contribution in [0.5, 0.6) is 0 Å². The molecule has 8 heteroatoms. The molecule has 0 saturated carbocycles. The summed E-state index contributed by atoms with van der Waals surface area (Å²) in [5.74, 6) is -2.11. The van der Waals surface area contributed by atoms with E-state index >= 15 is 0 Å². The molecule has 0 aromatic heterocycles. The Hall–Kier alpha value is -2.25. The van der Waals surface area contributed by atoms with Crippen molar-refractivity contribution in [3.8, 4) is 0 Å². The van der Waals surface area contributed by atoms with Gasteiger partial charge in [-0.15, -0.1) is 0 Å². The summed E-state index contributed by atoms with van der Waals surface area (Å²) >= 11 is 0. The molecule has 0 amide bonds. The Morgan fingerprint density at radius 1 is 1.29 bits per heavy atom. The molecule has 0 radical (unpaired) electrons. The lowest BCUT2D eigenvalue weighted by Crippen LogP contribution is -2.22. The highest BCUT2D eigenvalue weighted by molar-refractivity contribution is 5.99. The first-order valence-electron chi connectivity index (χ1n) is 5.81. The van der Waals surface area contributed by atoms with Crippen LogP contribution in [-0.2, 0) is 4.79 Å². The van der Waals surface area contributed by atoms with Crippen LogP contribution in [-0.4, -0.2) is 24.1 Å². The van der Waals surface area contributed by atoms with Crippen LogP contribution >= 0.6 is 0 Å². The molecule has 1 aliphatic heterocycles. The van der Waals surface area contributed by atoms with Crippen molar-refractivity contribution in [3.05, 3.63) is 36.0 Å². The van der Waals surface area contributed by atoms with Crippen molar-refractivity contribution in [1.29, 1.82) is 0 Å². The van der Waals surface area contributed by atoms with Crippen LogP contribution in [0.2, 0.25) is 0 Å². The standard InChI is InChI=1S/C13H9F5N2O/c14-12(15)10-5-7(6-11(21)13(16,17)18)19-8-3-1-2-4-9(8)20-10/h1-4,6,12,19H,5H2/b7-6-. The number of halogens is 5. The molecule has 1 aromatic rings. The van der Waals surface area contributed by atoms with E-state index in [4.69, 9.17) is 0 Å². The van der Waals surface area contributed by atoms with Crippen LogP contribution in [0.15, 0.2) is 41.0 Å². The number of para-hydroxylation sites is 2. The van der Waals surface area contributed by atoms with E-state index in [0.717, 1.165) is 0 Å². The fourth-order valence-corrected chi connectivity index (χ4v) is 1.74. The Balaban J connectivity index is 2.42. The molecule has 1 heterocycles. The van der Waals surface area contributed by atoms with Gasteiger partial charge in [-0.1, -0.05) is 12.1 Å². The molecule has 0 atom stereocenters. The molecule has 0 saturated heterocycles. The molecular formula is C13H9F5N2O. The van der Waals surface area contributed by atoms with Crippen molar-refractivity contribution in [1.82, 2.24) is 0 Å². The Bertz CT molecular complexity index is 619. The van der Waals surface area contributed by atoms with E-state index in [-0.39, 0.29) is 23.1 Å². The summed E-state index contributed by atoms with van der Waals surface area (Å²) < 4.78 is 62.5. The third-order valence-electron chi connectivity index (χ3n) is 2.67. The van der Waals surface area contributed by atoms with E-state index in [9.17, 15) is 26.7 Å². The molecule has 0 fully saturated rings. The summed E-state index contributed by atoms with van der Waals surface area (Å²) in [6.45, 7) is 0. The van der Waals surface area contributed by atoms with Gasteiger partial charge in [-0.3, -0.25) is 4.79 Å². The second-order valence-electron chi connectivity index (χ2n) is 4.25. The number of anilines is 1. The van der Waals surface area contributed by atoms with Gasteiger partial charge in [-0.2, -0.15) is 13.2 Å². The van der Waals surface area contributed by atoms with Crippen LogP contribution in [0, 0.1) is 0 Å². The van der Waals surface area contributed by atoms with Gasteiger partial charge in [0.2, 0.25) is 0 Å². The third-order valence-corrected chi connectivity index (χ3v) is 2.67. The van der Waals surface area contributed by atoms with Crippen LogP contribution in [0.25, 0.3) is 0 Å². The molecule has 1 N–H and O–H groups in total. The molecule has 21 heavy (non-hydrogen) atoms. The molecular weight excluding hydrogens is 295 g/mol. The molecule has 3 nitrogen and oxygen atoms in total. The SMILES string of the molecule is O=C(/C=C1/CC(C(F)F)=Nc2ccccc2N1)C(F)(F)F. The van der Waals surface area contributed by atoms with Crippen molar-refractivity contribution in [2.24, 2.45) is 4.99 Å². The molecule has 0 bridgehead atoms. The molecule has 0 unspecified atom stereocenters. The lowest BCUT2D eigenvalue weighted by Gasteiger charge is -2.10. The van der Waals surface area contributed by atoms with Crippen LogP contribution in [0.3, 0.4) is 0 Å². The van der Waals surface area contributed by atoms with E-state index < -0.39 is 30.5 Å². The van der Waals surface area contributed by atoms with E-state index in [2.05, 4.69) is 10.3 Å². The van der Waals surface area contributed by atoms with Crippen molar-refractivity contribution in [2.75, 3.05) is 5.32 Å². The summed E-state index contributed by atoms with van der Waals surface area (Å²) in [4.78, 5) is 14.7. The second-order valence-corrected chi connectivity index (χ2v) is 4.25. The summed E-state index contributed by atoms with van der Waals surface area (Å²) in [5, 5.41) is 2.54. The highest BCUT2D eigenvalue weighted by Gasteiger charge is 2.37. The molecule has 0 spiro atoms. The zero-order valence-corrected chi connectivity index (χ0v) is 10.4. The maximum absolute atomic E-state index is 12.8. The fraction of sp³-hybridized carbons (Fsp3) is 0.231. The number of hydrogen-bond acceptors (Lipinski definition) is 3. The normalized spacial score (nSPS) is 17.0.